The van der Waals surface area contributed by atoms with Crippen molar-refractivity contribution in [2.75, 3.05) is 20.8 Å². The minimum atomic E-state index is -1.00. The molecule has 0 saturated carbocycles. The number of methoxy groups -OCH3 is 2. The Labute approximate surface area is 114 Å². The van der Waals surface area contributed by atoms with Gasteiger partial charge in [0.1, 0.15) is 6.17 Å². The normalized spacial score (nSPS) is 20.3. The first-order chi connectivity index (χ1) is 9.15. The first-order valence-corrected chi connectivity index (χ1v) is 6.78. The van der Waals surface area contributed by atoms with Gasteiger partial charge in [-0.2, -0.15) is 0 Å². The third-order valence-corrected chi connectivity index (χ3v) is 3.70. The van der Waals surface area contributed by atoms with Crippen LogP contribution >= 0.6 is 0 Å². The van der Waals surface area contributed by atoms with E-state index in [2.05, 4.69) is 5.32 Å². The van der Waals surface area contributed by atoms with Gasteiger partial charge in [-0.3, -0.25) is 0 Å². The smallest absolute Gasteiger partial charge is 0.161 e. The molecule has 19 heavy (non-hydrogen) atoms. The Balaban J connectivity index is 2.32. The van der Waals surface area contributed by atoms with Crippen molar-refractivity contribution in [3.63, 3.8) is 0 Å². The molecule has 3 nitrogen and oxygen atoms in total. The van der Waals surface area contributed by atoms with Crippen LogP contribution in [0.2, 0.25) is 0 Å². The van der Waals surface area contributed by atoms with Gasteiger partial charge in [0.25, 0.3) is 0 Å². The quantitative estimate of drug-likeness (QED) is 0.889. The summed E-state index contributed by atoms with van der Waals surface area (Å²) in [5.41, 5.74) is 1.71. The first kappa shape index (κ1) is 14.1. The number of alkyl halides is 1. The number of nitrogens with one attached hydrogen (secondary N) is 1. The van der Waals surface area contributed by atoms with E-state index >= 15 is 0 Å². The second-order valence-electron chi connectivity index (χ2n) is 5.02. The van der Waals surface area contributed by atoms with Crippen LogP contribution in [0.1, 0.15) is 37.1 Å². The maximum Gasteiger partial charge on any atom is 0.161 e. The average Bonchev–Trinajstić information content (AvgIpc) is 2.90. The molecule has 1 fully saturated rings. The van der Waals surface area contributed by atoms with Crippen molar-refractivity contribution < 1.29 is 13.9 Å². The van der Waals surface area contributed by atoms with Crippen molar-refractivity contribution in [2.24, 2.45) is 0 Å². The van der Waals surface area contributed by atoms with Gasteiger partial charge in [-0.15, -0.1) is 0 Å². The molecule has 2 unspecified atom stereocenters. The molecule has 0 bridgehead atoms. The largest absolute Gasteiger partial charge is 0.493 e. The van der Waals surface area contributed by atoms with Crippen LogP contribution in [0.5, 0.6) is 11.5 Å². The molecule has 0 amide bonds. The van der Waals surface area contributed by atoms with Gasteiger partial charge in [0, 0.05) is 6.04 Å². The first-order valence-electron chi connectivity index (χ1n) is 6.78. The highest BCUT2D eigenvalue weighted by molar-refractivity contribution is 5.48. The van der Waals surface area contributed by atoms with Crippen LogP contribution in [0.25, 0.3) is 0 Å². The minimum absolute atomic E-state index is 0.440. The molecule has 1 aromatic carbocycles. The van der Waals surface area contributed by atoms with Crippen LogP contribution in [0, 0.1) is 0 Å². The molecule has 1 heterocycles. The van der Waals surface area contributed by atoms with Crippen LogP contribution < -0.4 is 14.8 Å². The lowest BCUT2D eigenvalue weighted by atomic mass is 9.96. The standard InChI is InChI=1S/C15H22FNO2/c1-10(16)13-9-15(19-3)14(18-2)8-11(13)7-12-5-4-6-17-12/h8-10,12,17H,4-7H2,1-3H3. The zero-order valence-corrected chi connectivity index (χ0v) is 11.8. The maximum atomic E-state index is 13.8. The highest BCUT2D eigenvalue weighted by Crippen LogP contribution is 2.35. The van der Waals surface area contributed by atoms with Gasteiger partial charge in [-0.1, -0.05) is 0 Å². The Hall–Kier alpha value is -1.29. The summed E-state index contributed by atoms with van der Waals surface area (Å²) in [6.07, 6.45) is 2.17. The van der Waals surface area contributed by atoms with Gasteiger partial charge in [-0.05, 0) is 56.0 Å². The summed E-state index contributed by atoms with van der Waals surface area (Å²) in [4.78, 5) is 0. The SMILES string of the molecule is COc1cc(CC2CCCN2)c(C(C)F)cc1OC. The maximum absolute atomic E-state index is 13.8. The lowest BCUT2D eigenvalue weighted by molar-refractivity contribution is 0.345. The van der Waals surface area contributed by atoms with E-state index in [0.29, 0.717) is 23.1 Å². The fourth-order valence-corrected chi connectivity index (χ4v) is 2.68. The van der Waals surface area contributed by atoms with Crippen LogP contribution in [0.4, 0.5) is 4.39 Å². The molecule has 1 aliphatic heterocycles. The van der Waals surface area contributed by atoms with Gasteiger partial charge >= 0.3 is 0 Å². The van der Waals surface area contributed by atoms with Crippen molar-refractivity contribution in [3.8, 4) is 11.5 Å². The lowest BCUT2D eigenvalue weighted by Gasteiger charge is -2.18. The molecule has 4 heteroatoms. The monoisotopic (exact) mass is 267 g/mol. The fourth-order valence-electron chi connectivity index (χ4n) is 2.68. The van der Waals surface area contributed by atoms with Crippen molar-refractivity contribution in [3.05, 3.63) is 23.3 Å². The third kappa shape index (κ3) is 3.18. The second kappa shape index (κ2) is 6.24. The Bertz CT molecular complexity index is 428. The van der Waals surface area contributed by atoms with Crippen molar-refractivity contribution in [2.45, 2.75) is 38.4 Å². The molecule has 1 aliphatic rings. The summed E-state index contributed by atoms with van der Waals surface area (Å²) >= 11 is 0. The summed E-state index contributed by atoms with van der Waals surface area (Å²) < 4.78 is 24.4. The molecule has 0 aliphatic carbocycles. The molecular weight excluding hydrogens is 245 g/mol. The van der Waals surface area contributed by atoms with E-state index in [4.69, 9.17) is 9.47 Å². The van der Waals surface area contributed by atoms with Crippen LogP contribution in [-0.2, 0) is 6.42 Å². The number of ether oxygens (including phenoxy) is 2. The zero-order chi connectivity index (χ0) is 13.8. The van der Waals surface area contributed by atoms with E-state index in [1.807, 2.05) is 6.07 Å². The predicted octanol–water partition coefficient (Wildman–Crippen LogP) is 3.03. The molecule has 2 atom stereocenters. The molecule has 1 saturated heterocycles. The molecule has 0 radical (unpaired) electrons. The van der Waals surface area contributed by atoms with Crippen LogP contribution in [0.3, 0.4) is 0 Å². The Morgan fingerprint density at radius 3 is 2.53 bits per heavy atom. The van der Waals surface area contributed by atoms with E-state index in [0.717, 1.165) is 24.9 Å². The van der Waals surface area contributed by atoms with Crippen molar-refractivity contribution in [1.29, 1.82) is 0 Å². The minimum Gasteiger partial charge on any atom is -0.493 e. The van der Waals surface area contributed by atoms with Crippen molar-refractivity contribution in [1.82, 2.24) is 5.32 Å². The molecule has 106 valence electrons. The molecule has 1 aromatic rings. The van der Waals surface area contributed by atoms with Gasteiger partial charge in [0.15, 0.2) is 11.5 Å². The molecule has 0 spiro atoms. The molecule has 0 aromatic heterocycles. The Kier molecular flexibility index (Phi) is 4.64. The van der Waals surface area contributed by atoms with Gasteiger partial charge in [-0.25, -0.2) is 4.39 Å². The zero-order valence-electron chi connectivity index (χ0n) is 11.8. The summed E-state index contributed by atoms with van der Waals surface area (Å²) in [5.74, 6) is 1.25. The van der Waals surface area contributed by atoms with E-state index in [-0.39, 0.29) is 0 Å². The highest BCUT2D eigenvalue weighted by atomic mass is 19.1. The van der Waals surface area contributed by atoms with Gasteiger partial charge in [0.2, 0.25) is 0 Å². The van der Waals surface area contributed by atoms with E-state index < -0.39 is 6.17 Å². The second-order valence-corrected chi connectivity index (χ2v) is 5.02. The molecular formula is C15H22FNO2. The van der Waals surface area contributed by atoms with Gasteiger partial charge in [0.05, 0.1) is 14.2 Å². The lowest BCUT2D eigenvalue weighted by Crippen LogP contribution is -2.24. The number of benzene rings is 1. The summed E-state index contributed by atoms with van der Waals surface area (Å²) in [5, 5.41) is 3.44. The molecule has 2 rings (SSSR count). The summed E-state index contributed by atoms with van der Waals surface area (Å²) in [6, 6.07) is 4.11. The number of hydrogen-bond acceptors (Lipinski definition) is 3. The summed E-state index contributed by atoms with van der Waals surface area (Å²) in [6.45, 7) is 2.62. The fraction of sp³-hybridized carbons (Fsp3) is 0.600. The van der Waals surface area contributed by atoms with Crippen LogP contribution in [-0.4, -0.2) is 26.8 Å². The van der Waals surface area contributed by atoms with Crippen molar-refractivity contribution >= 4 is 0 Å². The van der Waals surface area contributed by atoms with Gasteiger partial charge < -0.3 is 14.8 Å². The predicted molar refractivity (Wildman–Crippen MR) is 73.8 cm³/mol. The van der Waals surface area contributed by atoms with E-state index in [1.54, 1.807) is 27.2 Å². The van der Waals surface area contributed by atoms with E-state index in [1.165, 1.54) is 6.42 Å². The number of halogens is 1. The highest BCUT2D eigenvalue weighted by Gasteiger charge is 2.20. The third-order valence-electron chi connectivity index (χ3n) is 3.70. The number of rotatable bonds is 5. The summed E-state index contributed by atoms with van der Waals surface area (Å²) in [7, 11) is 3.18. The number of hydrogen-bond donors (Lipinski definition) is 1. The average molecular weight is 267 g/mol. The Morgan fingerprint density at radius 1 is 1.32 bits per heavy atom. The van der Waals surface area contributed by atoms with E-state index in [9.17, 15) is 4.39 Å². The molecule has 1 N–H and O–H groups in total. The Morgan fingerprint density at radius 2 is 2.00 bits per heavy atom. The van der Waals surface area contributed by atoms with Crippen LogP contribution in [0.15, 0.2) is 12.1 Å². The topological polar surface area (TPSA) is 30.5 Å².